The number of piperazine rings is 1. The van der Waals surface area contributed by atoms with Crippen LogP contribution in [-0.4, -0.2) is 67.4 Å². The largest absolute Gasteiger partial charge is 0.486 e. The second-order valence-electron chi connectivity index (χ2n) is 7.41. The molecule has 0 bridgehead atoms. The first kappa shape index (κ1) is 17.3. The summed E-state index contributed by atoms with van der Waals surface area (Å²) in [6.07, 6.45) is 3.24. The molecule has 1 aromatic carbocycles. The quantitative estimate of drug-likeness (QED) is 0.728. The lowest BCUT2D eigenvalue weighted by molar-refractivity contribution is -0.132. The van der Waals surface area contributed by atoms with Crippen LogP contribution in [0, 0.1) is 5.92 Å². The molecule has 2 heterocycles. The molecule has 26 heavy (non-hydrogen) atoms. The molecule has 1 aliphatic carbocycles. The van der Waals surface area contributed by atoms with Crippen molar-refractivity contribution in [3.63, 3.8) is 0 Å². The summed E-state index contributed by atoms with van der Waals surface area (Å²) in [5, 5.41) is 0. The zero-order chi connectivity index (χ0) is 17.9. The Kier molecular flexibility index (Phi) is 5.11. The first-order valence-corrected chi connectivity index (χ1v) is 9.62. The number of hydrogen-bond donors (Lipinski definition) is 0. The molecule has 1 saturated carbocycles. The maximum Gasteiger partial charge on any atom is 0.223 e. The Hall–Kier alpha value is -2.08. The lowest BCUT2D eigenvalue weighted by Crippen LogP contribution is -2.49. The standard InChI is InChI=1S/C20H26N2O4/c23-17(16-3-5-18-19(13-16)26-12-11-25-18)4-6-20(24)22-9-7-21(8-10-22)14-15-1-2-15/h3,5,13,15H,1-2,4,6-12,14H2. The molecule has 6 heteroatoms. The predicted molar refractivity (Wildman–Crippen MR) is 96.7 cm³/mol. The van der Waals surface area contributed by atoms with E-state index in [1.54, 1.807) is 18.2 Å². The van der Waals surface area contributed by atoms with Crippen molar-refractivity contribution in [1.29, 1.82) is 0 Å². The smallest absolute Gasteiger partial charge is 0.223 e. The van der Waals surface area contributed by atoms with E-state index in [1.807, 2.05) is 4.90 Å². The normalized spacial score (nSPS) is 20.1. The van der Waals surface area contributed by atoms with E-state index in [1.165, 1.54) is 19.4 Å². The van der Waals surface area contributed by atoms with Gasteiger partial charge in [-0.05, 0) is 37.0 Å². The van der Waals surface area contributed by atoms with Crippen molar-refractivity contribution in [2.75, 3.05) is 45.9 Å². The number of benzene rings is 1. The van der Waals surface area contributed by atoms with Crippen LogP contribution >= 0.6 is 0 Å². The van der Waals surface area contributed by atoms with Crippen molar-refractivity contribution in [2.45, 2.75) is 25.7 Å². The van der Waals surface area contributed by atoms with E-state index in [0.29, 0.717) is 30.3 Å². The number of Topliss-reactive ketones (excluding diaryl/α,β-unsaturated/α-hetero) is 1. The molecule has 140 valence electrons. The highest BCUT2D eigenvalue weighted by atomic mass is 16.6. The predicted octanol–water partition coefficient (Wildman–Crippen LogP) is 1.97. The molecule has 0 radical (unpaired) electrons. The molecule has 2 fully saturated rings. The minimum atomic E-state index is -0.0253. The van der Waals surface area contributed by atoms with E-state index in [0.717, 1.165) is 32.1 Å². The van der Waals surface area contributed by atoms with E-state index < -0.39 is 0 Å². The van der Waals surface area contributed by atoms with Crippen molar-refractivity contribution in [2.24, 2.45) is 5.92 Å². The second-order valence-corrected chi connectivity index (χ2v) is 7.41. The SMILES string of the molecule is O=C(CCC(=O)N1CCN(CC2CC2)CC1)c1ccc2c(c1)OCCO2. The van der Waals surface area contributed by atoms with Gasteiger partial charge in [0.05, 0.1) is 0 Å². The molecular weight excluding hydrogens is 332 g/mol. The van der Waals surface area contributed by atoms with Gasteiger partial charge in [0.25, 0.3) is 0 Å². The summed E-state index contributed by atoms with van der Waals surface area (Å²) in [6.45, 7) is 5.69. The third kappa shape index (κ3) is 4.18. The van der Waals surface area contributed by atoms with Gasteiger partial charge in [-0.15, -0.1) is 0 Å². The molecular formula is C20H26N2O4. The van der Waals surface area contributed by atoms with Gasteiger partial charge < -0.3 is 14.4 Å². The summed E-state index contributed by atoms with van der Waals surface area (Å²) in [4.78, 5) is 29.2. The molecule has 1 aromatic rings. The minimum Gasteiger partial charge on any atom is -0.486 e. The number of carbonyl (C=O) groups excluding carboxylic acids is 2. The molecule has 2 aliphatic heterocycles. The average Bonchev–Trinajstić information content (AvgIpc) is 3.50. The molecule has 6 nitrogen and oxygen atoms in total. The molecule has 1 amide bonds. The van der Waals surface area contributed by atoms with Crippen LogP contribution in [0.15, 0.2) is 18.2 Å². The summed E-state index contributed by atoms with van der Waals surface area (Å²) in [7, 11) is 0. The summed E-state index contributed by atoms with van der Waals surface area (Å²) in [5.41, 5.74) is 0.580. The van der Waals surface area contributed by atoms with Crippen LogP contribution in [0.25, 0.3) is 0 Å². The Labute approximate surface area is 154 Å². The van der Waals surface area contributed by atoms with Gasteiger partial charge in [-0.2, -0.15) is 0 Å². The number of fused-ring (bicyclic) bond motifs is 1. The molecule has 0 unspecified atom stereocenters. The summed E-state index contributed by atoms with van der Waals surface area (Å²) < 4.78 is 11.0. The number of hydrogen-bond acceptors (Lipinski definition) is 5. The van der Waals surface area contributed by atoms with E-state index in [-0.39, 0.29) is 24.5 Å². The minimum absolute atomic E-state index is 0.0253. The number of rotatable bonds is 6. The van der Waals surface area contributed by atoms with Crippen molar-refractivity contribution in [3.05, 3.63) is 23.8 Å². The number of amides is 1. The number of carbonyl (C=O) groups is 2. The highest BCUT2D eigenvalue weighted by molar-refractivity contribution is 5.98. The van der Waals surface area contributed by atoms with Crippen LogP contribution in [0.5, 0.6) is 11.5 Å². The Balaban J connectivity index is 1.24. The van der Waals surface area contributed by atoms with Gasteiger partial charge in [0.15, 0.2) is 17.3 Å². The topological polar surface area (TPSA) is 59.1 Å². The maximum absolute atomic E-state index is 12.4. The fourth-order valence-corrected chi connectivity index (χ4v) is 3.59. The van der Waals surface area contributed by atoms with Crippen LogP contribution in [0.2, 0.25) is 0 Å². The summed E-state index contributed by atoms with van der Waals surface area (Å²) in [6, 6.07) is 5.23. The van der Waals surface area contributed by atoms with Gasteiger partial charge in [-0.3, -0.25) is 14.5 Å². The summed E-state index contributed by atoms with van der Waals surface area (Å²) in [5.74, 6) is 2.23. The van der Waals surface area contributed by atoms with Crippen molar-refractivity contribution < 1.29 is 19.1 Å². The molecule has 0 spiro atoms. The summed E-state index contributed by atoms with van der Waals surface area (Å²) >= 11 is 0. The van der Waals surface area contributed by atoms with E-state index in [4.69, 9.17) is 9.47 Å². The van der Waals surface area contributed by atoms with E-state index in [2.05, 4.69) is 4.90 Å². The fraction of sp³-hybridized carbons (Fsp3) is 0.600. The third-order valence-corrected chi connectivity index (χ3v) is 5.37. The monoisotopic (exact) mass is 358 g/mol. The van der Waals surface area contributed by atoms with Gasteiger partial charge in [-0.1, -0.05) is 0 Å². The van der Waals surface area contributed by atoms with Crippen LogP contribution in [0.3, 0.4) is 0 Å². The number of ketones is 1. The highest BCUT2D eigenvalue weighted by Crippen LogP contribution is 2.31. The van der Waals surface area contributed by atoms with Crippen LogP contribution in [-0.2, 0) is 4.79 Å². The van der Waals surface area contributed by atoms with E-state index in [9.17, 15) is 9.59 Å². The highest BCUT2D eigenvalue weighted by Gasteiger charge is 2.27. The third-order valence-electron chi connectivity index (χ3n) is 5.37. The fourth-order valence-electron chi connectivity index (χ4n) is 3.59. The zero-order valence-corrected chi connectivity index (χ0v) is 15.1. The second kappa shape index (κ2) is 7.66. The average molecular weight is 358 g/mol. The van der Waals surface area contributed by atoms with Gasteiger partial charge in [0.1, 0.15) is 13.2 Å². The van der Waals surface area contributed by atoms with Crippen LogP contribution in [0.4, 0.5) is 0 Å². The van der Waals surface area contributed by atoms with Gasteiger partial charge in [0.2, 0.25) is 5.91 Å². The van der Waals surface area contributed by atoms with Crippen LogP contribution < -0.4 is 9.47 Å². The van der Waals surface area contributed by atoms with Crippen molar-refractivity contribution in [3.8, 4) is 11.5 Å². The van der Waals surface area contributed by atoms with E-state index >= 15 is 0 Å². The lowest BCUT2D eigenvalue weighted by Gasteiger charge is -2.34. The molecule has 1 saturated heterocycles. The Bertz CT molecular complexity index is 678. The maximum atomic E-state index is 12.4. The molecule has 0 N–H and O–H groups in total. The Morgan fingerprint density at radius 1 is 0.962 bits per heavy atom. The van der Waals surface area contributed by atoms with Gasteiger partial charge in [-0.25, -0.2) is 0 Å². The van der Waals surface area contributed by atoms with Gasteiger partial charge >= 0.3 is 0 Å². The van der Waals surface area contributed by atoms with Crippen LogP contribution in [0.1, 0.15) is 36.0 Å². The number of ether oxygens (including phenoxy) is 2. The molecule has 0 atom stereocenters. The Morgan fingerprint density at radius 2 is 1.69 bits per heavy atom. The molecule has 3 aliphatic rings. The van der Waals surface area contributed by atoms with Crippen molar-refractivity contribution >= 4 is 11.7 Å². The first-order chi connectivity index (χ1) is 12.7. The first-order valence-electron chi connectivity index (χ1n) is 9.62. The van der Waals surface area contributed by atoms with Crippen molar-refractivity contribution in [1.82, 2.24) is 9.80 Å². The zero-order valence-electron chi connectivity index (χ0n) is 15.1. The lowest BCUT2D eigenvalue weighted by atomic mass is 10.1. The number of nitrogens with zero attached hydrogens (tertiary/aromatic N) is 2. The van der Waals surface area contributed by atoms with Gasteiger partial charge in [0, 0.05) is 51.1 Å². The Morgan fingerprint density at radius 3 is 2.42 bits per heavy atom. The molecule has 0 aromatic heterocycles. The molecule has 4 rings (SSSR count).